The van der Waals surface area contributed by atoms with Crippen molar-refractivity contribution < 1.29 is 9.90 Å². The van der Waals surface area contributed by atoms with Crippen LogP contribution in [0.3, 0.4) is 0 Å². The van der Waals surface area contributed by atoms with Crippen LogP contribution < -0.4 is 0 Å². The summed E-state index contributed by atoms with van der Waals surface area (Å²) < 4.78 is 0. The van der Waals surface area contributed by atoms with Gasteiger partial charge in [-0.25, -0.2) is 0 Å². The third kappa shape index (κ3) is 2.21. The maximum atomic E-state index is 12.1. The van der Waals surface area contributed by atoms with E-state index >= 15 is 0 Å². The van der Waals surface area contributed by atoms with Crippen LogP contribution in [0.15, 0.2) is 60.7 Å². The fraction of sp³-hybridized carbons (Fsp3) is 0.235. The second-order valence-corrected chi connectivity index (χ2v) is 5.10. The third-order valence-corrected chi connectivity index (χ3v) is 3.85. The molecule has 1 aliphatic rings. The van der Waals surface area contributed by atoms with Crippen LogP contribution in [-0.2, 0) is 11.3 Å². The van der Waals surface area contributed by atoms with E-state index in [9.17, 15) is 9.90 Å². The number of amides is 1. The van der Waals surface area contributed by atoms with Gasteiger partial charge in [0.15, 0.2) is 0 Å². The van der Waals surface area contributed by atoms with E-state index in [-0.39, 0.29) is 24.5 Å². The highest BCUT2D eigenvalue weighted by Crippen LogP contribution is 2.40. The summed E-state index contributed by atoms with van der Waals surface area (Å²) >= 11 is 0. The predicted molar refractivity (Wildman–Crippen MR) is 76.8 cm³/mol. The second kappa shape index (κ2) is 5.47. The van der Waals surface area contributed by atoms with Gasteiger partial charge in [0, 0.05) is 6.54 Å². The molecular weight excluding hydrogens is 250 g/mol. The van der Waals surface area contributed by atoms with Gasteiger partial charge in [0.1, 0.15) is 0 Å². The molecule has 0 saturated carbocycles. The van der Waals surface area contributed by atoms with Crippen LogP contribution in [0.5, 0.6) is 0 Å². The van der Waals surface area contributed by atoms with E-state index in [4.69, 9.17) is 0 Å². The maximum absolute atomic E-state index is 12.1. The average Bonchev–Trinajstić information content (AvgIpc) is 2.51. The molecule has 2 aromatic rings. The number of aliphatic hydroxyl groups excluding tert-OH is 1. The number of aliphatic hydroxyl groups is 1. The van der Waals surface area contributed by atoms with E-state index in [1.54, 1.807) is 0 Å². The fourth-order valence-electron chi connectivity index (χ4n) is 2.82. The van der Waals surface area contributed by atoms with Crippen LogP contribution in [0.1, 0.15) is 17.2 Å². The standard InChI is InChI=1S/C17H17NO2/c19-12-15-16(14-9-5-2-6-10-14)18(17(15)20)11-13-7-3-1-4-8-13/h1-10,15-16,19H,11-12H2/t15-,16-/m0/s1. The van der Waals surface area contributed by atoms with Gasteiger partial charge in [0.2, 0.25) is 5.91 Å². The topological polar surface area (TPSA) is 40.5 Å². The molecular formula is C17H17NO2. The summed E-state index contributed by atoms with van der Waals surface area (Å²) in [5.41, 5.74) is 2.19. The van der Waals surface area contributed by atoms with Crippen molar-refractivity contribution in [2.24, 2.45) is 5.92 Å². The number of carbonyl (C=O) groups excluding carboxylic acids is 1. The van der Waals surface area contributed by atoms with Crippen LogP contribution in [0.4, 0.5) is 0 Å². The van der Waals surface area contributed by atoms with E-state index < -0.39 is 0 Å². The SMILES string of the molecule is O=C1[C@@H](CO)[C@H](c2ccccc2)N1Cc1ccccc1. The number of nitrogens with zero attached hydrogens (tertiary/aromatic N) is 1. The zero-order valence-electron chi connectivity index (χ0n) is 11.1. The third-order valence-electron chi connectivity index (χ3n) is 3.85. The zero-order valence-corrected chi connectivity index (χ0v) is 11.1. The highest BCUT2D eigenvalue weighted by molar-refractivity contribution is 5.86. The first-order valence-electron chi connectivity index (χ1n) is 6.81. The molecule has 1 amide bonds. The number of carbonyl (C=O) groups is 1. The van der Waals surface area contributed by atoms with E-state index in [1.165, 1.54) is 0 Å². The van der Waals surface area contributed by atoms with Gasteiger partial charge in [-0.1, -0.05) is 60.7 Å². The quantitative estimate of drug-likeness (QED) is 0.864. The Morgan fingerprint density at radius 2 is 1.55 bits per heavy atom. The maximum Gasteiger partial charge on any atom is 0.231 e. The molecule has 0 radical (unpaired) electrons. The summed E-state index contributed by atoms with van der Waals surface area (Å²) in [6.45, 7) is 0.499. The summed E-state index contributed by atoms with van der Waals surface area (Å²) in [4.78, 5) is 14.0. The lowest BCUT2D eigenvalue weighted by Crippen LogP contribution is -2.55. The van der Waals surface area contributed by atoms with Crippen molar-refractivity contribution in [3.8, 4) is 0 Å². The summed E-state index contributed by atoms with van der Waals surface area (Å²) in [7, 11) is 0. The smallest absolute Gasteiger partial charge is 0.231 e. The van der Waals surface area contributed by atoms with Gasteiger partial charge in [0.25, 0.3) is 0 Å². The molecule has 3 heteroatoms. The molecule has 3 rings (SSSR count). The largest absolute Gasteiger partial charge is 0.395 e. The summed E-state index contributed by atoms with van der Waals surface area (Å²) in [5, 5.41) is 9.42. The molecule has 0 aromatic heterocycles. The molecule has 2 atom stereocenters. The molecule has 0 spiro atoms. The Labute approximate surface area is 118 Å². The molecule has 3 nitrogen and oxygen atoms in total. The lowest BCUT2D eigenvalue weighted by atomic mass is 9.82. The highest BCUT2D eigenvalue weighted by atomic mass is 16.3. The molecule has 102 valence electrons. The Kier molecular flexibility index (Phi) is 3.52. The number of rotatable bonds is 4. The lowest BCUT2D eigenvalue weighted by molar-refractivity contribution is -0.161. The highest BCUT2D eigenvalue weighted by Gasteiger charge is 2.47. The minimum Gasteiger partial charge on any atom is -0.395 e. The first-order valence-corrected chi connectivity index (χ1v) is 6.81. The van der Waals surface area contributed by atoms with E-state index in [1.807, 2.05) is 65.6 Å². The Balaban J connectivity index is 1.84. The van der Waals surface area contributed by atoms with Crippen LogP contribution in [0.2, 0.25) is 0 Å². The van der Waals surface area contributed by atoms with Crippen LogP contribution in [0, 0.1) is 5.92 Å². The Morgan fingerprint density at radius 3 is 2.15 bits per heavy atom. The molecule has 1 fully saturated rings. The van der Waals surface area contributed by atoms with Crippen molar-refractivity contribution in [1.82, 2.24) is 4.90 Å². The molecule has 1 N–H and O–H groups in total. The molecule has 0 bridgehead atoms. The number of benzene rings is 2. The Hall–Kier alpha value is -2.13. The Morgan fingerprint density at radius 1 is 0.950 bits per heavy atom. The first kappa shape index (κ1) is 12.9. The number of β-lactam (4-membered cyclic amide) rings is 1. The van der Waals surface area contributed by atoms with E-state index in [0.29, 0.717) is 6.54 Å². The molecule has 0 aliphatic carbocycles. The monoisotopic (exact) mass is 267 g/mol. The zero-order chi connectivity index (χ0) is 13.9. The molecule has 1 aliphatic heterocycles. The van der Waals surface area contributed by atoms with Crippen molar-refractivity contribution in [1.29, 1.82) is 0 Å². The van der Waals surface area contributed by atoms with Gasteiger partial charge in [-0.15, -0.1) is 0 Å². The molecule has 20 heavy (non-hydrogen) atoms. The Bertz CT molecular complexity index is 582. The number of hydrogen-bond donors (Lipinski definition) is 1. The average molecular weight is 267 g/mol. The van der Waals surface area contributed by atoms with E-state index in [0.717, 1.165) is 11.1 Å². The molecule has 1 heterocycles. The summed E-state index contributed by atoms with van der Waals surface area (Å²) in [6, 6.07) is 19.8. The lowest BCUT2D eigenvalue weighted by Gasteiger charge is -2.47. The van der Waals surface area contributed by atoms with Crippen molar-refractivity contribution in [2.75, 3.05) is 6.61 Å². The summed E-state index contributed by atoms with van der Waals surface area (Å²) in [5.74, 6) is -0.272. The van der Waals surface area contributed by atoms with Crippen LogP contribution in [-0.4, -0.2) is 22.5 Å². The van der Waals surface area contributed by atoms with E-state index in [2.05, 4.69) is 0 Å². The second-order valence-electron chi connectivity index (χ2n) is 5.10. The number of likely N-dealkylation sites (tertiary alicyclic amines) is 1. The van der Waals surface area contributed by atoms with Gasteiger partial charge in [-0.2, -0.15) is 0 Å². The van der Waals surface area contributed by atoms with Crippen molar-refractivity contribution >= 4 is 5.91 Å². The van der Waals surface area contributed by atoms with Gasteiger partial charge in [-0.3, -0.25) is 4.79 Å². The van der Waals surface area contributed by atoms with Crippen LogP contribution in [0.25, 0.3) is 0 Å². The first-order chi connectivity index (χ1) is 9.81. The molecule has 2 aromatic carbocycles. The fourth-order valence-corrected chi connectivity index (χ4v) is 2.82. The van der Waals surface area contributed by atoms with Gasteiger partial charge >= 0.3 is 0 Å². The van der Waals surface area contributed by atoms with Gasteiger partial charge in [-0.05, 0) is 11.1 Å². The van der Waals surface area contributed by atoms with Gasteiger partial charge in [0.05, 0.1) is 18.6 Å². The van der Waals surface area contributed by atoms with Crippen molar-refractivity contribution in [3.63, 3.8) is 0 Å². The molecule has 0 unspecified atom stereocenters. The summed E-state index contributed by atoms with van der Waals surface area (Å²) in [6.07, 6.45) is 0. The minimum atomic E-state index is -0.305. The predicted octanol–water partition coefficient (Wildman–Crippen LogP) is 2.38. The normalized spacial score (nSPS) is 21.6. The number of hydrogen-bond acceptors (Lipinski definition) is 2. The van der Waals surface area contributed by atoms with Crippen molar-refractivity contribution in [3.05, 3.63) is 71.8 Å². The molecule has 1 saturated heterocycles. The van der Waals surface area contributed by atoms with Gasteiger partial charge < -0.3 is 10.0 Å². The van der Waals surface area contributed by atoms with Crippen molar-refractivity contribution in [2.45, 2.75) is 12.6 Å². The minimum absolute atomic E-state index is 0.0195. The van der Waals surface area contributed by atoms with Crippen LogP contribution >= 0.6 is 0 Å².